The van der Waals surface area contributed by atoms with Crippen molar-refractivity contribution in [3.8, 4) is 11.6 Å². The Hall–Kier alpha value is -1.62. The first-order valence-electron chi connectivity index (χ1n) is 6.62. The SMILES string of the molecule is Cc1ccc(Oc2nc(C3CC3)nc(N)c2C)c(Br)c1. The van der Waals surface area contributed by atoms with Gasteiger partial charge in [0.1, 0.15) is 17.4 Å². The Labute approximate surface area is 126 Å². The van der Waals surface area contributed by atoms with Crippen molar-refractivity contribution in [3.63, 3.8) is 0 Å². The number of anilines is 1. The summed E-state index contributed by atoms with van der Waals surface area (Å²) in [5.41, 5.74) is 7.91. The van der Waals surface area contributed by atoms with Crippen LogP contribution in [0.15, 0.2) is 22.7 Å². The third-order valence-electron chi connectivity index (χ3n) is 3.39. The Balaban J connectivity index is 1.97. The summed E-state index contributed by atoms with van der Waals surface area (Å²) in [7, 11) is 0. The van der Waals surface area contributed by atoms with E-state index in [1.165, 1.54) is 5.56 Å². The van der Waals surface area contributed by atoms with E-state index in [0.717, 1.165) is 34.5 Å². The van der Waals surface area contributed by atoms with Crippen molar-refractivity contribution in [2.75, 3.05) is 5.73 Å². The summed E-state index contributed by atoms with van der Waals surface area (Å²) < 4.78 is 6.82. The summed E-state index contributed by atoms with van der Waals surface area (Å²) in [4.78, 5) is 8.87. The van der Waals surface area contributed by atoms with Crippen LogP contribution >= 0.6 is 15.9 Å². The van der Waals surface area contributed by atoms with Gasteiger partial charge in [-0.1, -0.05) is 6.07 Å². The van der Waals surface area contributed by atoms with Gasteiger partial charge in [0.15, 0.2) is 0 Å². The minimum Gasteiger partial charge on any atom is -0.437 e. The number of hydrogen-bond acceptors (Lipinski definition) is 4. The van der Waals surface area contributed by atoms with E-state index < -0.39 is 0 Å². The number of nitrogens with zero attached hydrogens (tertiary/aromatic N) is 2. The van der Waals surface area contributed by atoms with Crippen molar-refractivity contribution in [1.29, 1.82) is 0 Å². The molecule has 0 amide bonds. The number of hydrogen-bond donors (Lipinski definition) is 1. The lowest BCUT2D eigenvalue weighted by molar-refractivity contribution is 0.452. The van der Waals surface area contributed by atoms with E-state index in [-0.39, 0.29) is 0 Å². The molecule has 1 aromatic heterocycles. The van der Waals surface area contributed by atoms with Gasteiger partial charge in [-0.05, 0) is 60.3 Å². The van der Waals surface area contributed by atoms with Crippen molar-refractivity contribution in [3.05, 3.63) is 39.6 Å². The van der Waals surface area contributed by atoms with Crippen molar-refractivity contribution in [2.45, 2.75) is 32.6 Å². The van der Waals surface area contributed by atoms with Gasteiger partial charge in [-0.3, -0.25) is 0 Å². The standard InChI is InChI=1S/C15H16BrN3O/c1-8-3-6-12(11(16)7-8)20-15-9(2)13(17)18-14(19-15)10-4-5-10/h3,6-7,10H,4-5H2,1-2H3,(H2,17,18,19). The molecule has 4 nitrogen and oxygen atoms in total. The first-order valence-corrected chi connectivity index (χ1v) is 7.42. The minimum atomic E-state index is 0.446. The second-order valence-electron chi connectivity index (χ2n) is 5.21. The van der Waals surface area contributed by atoms with Gasteiger partial charge in [0.25, 0.3) is 0 Å². The summed E-state index contributed by atoms with van der Waals surface area (Å²) in [5.74, 6) is 3.02. The molecule has 1 saturated carbocycles. The number of nitrogens with two attached hydrogens (primary N) is 1. The topological polar surface area (TPSA) is 61.0 Å². The van der Waals surface area contributed by atoms with Gasteiger partial charge in [-0.2, -0.15) is 4.98 Å². The number of halogens is 1. The highest BCUT2D eigenvalue weighted by Crippen LogP contribution is 2.40. The Bertz CT molecular complexity index is 668. The van der Waals surface area contributed by atoms with Crippen LogP contribution in [0.25, 0.3) is 0 Å². The van der Waals surface area contributed by atoms with Crippen LogP contribution in [0.2, 0.25) is 0 Å². The molecule has 0 spiro atoms. The fraction of sp³-hybridized carbons (Fsp3) is 0.333. The van der Waals surface area contributed by atoms with Crippen LogP contribution < -0.4 is 10.5 Å². The van der Waals surface area contributed by atoms with Crippen LogP contribution in [0.3, 0.4) is 0 Å². The van der Waals surface area contributed by atoms with Crippen molar-refractivity contribution < 1.29 is 4.74 Å². The van der Waals surface area contributed by atoms with Gasteiger partial charge in [0, 0.05) is 5.92 Å². The molecule has 0 aliphatic heterocycles. The molecule has 1 aliphatic carbocycles. The maximum atomic E-state index is 5.96. The molecule has 1 heterocycles. The Morgan fingerprint density at radius 1 is 1.25 bits per heavy atom. The number of aromatic nitrogens is 2. The molecule has 0 unspecified atom stereocenters. The fourth-order valence-electron chi connectivity index (χ4n) is 1.95. The van der Waals surface area contributed by atoms with E-state index >= 15 is 0 Å². The van der Waals surface area contributed by atoms with Crippen LogP contribution in [-0.4, -0.2) is 9.97 Å². The van der Waals surface area contributed by atoms with E-state index in [4.69, 9.17) is 10.5 Å². The summed E-state index contributed by atoms with van der Waals surface area (Å²) in [6.45, 7) is 3.91. The number of nitrogen functional groups attached to an aromatic ring is 1. The third kappa shape index (κ3) is 2.63. The molecule has 3 rings (SSSR count). The Morgan fingerprint density at radius 2 is 2.00 bits per heavy atom. The molecule has 0 saturated heterocycles. The second kappa shape index (κ2) is 5.05. The zero-order valence-corrected chi connectivity index (χ0v) is 13.1. The third-order valence-corrected chi connectivity index (χ3v) is 4.01. The van der Waals surface area contributed by atoms with Gasteiger partial charge in [-0.25, -0.2) is 4.98 Å². The van der Waals surface area contributed by atoms with Crippen LogP contribution in [-0.2, 0) is 0 Å². The highest BCUT2D eigenvalue weighted by molar-refractivity contribution is 9.10. The summed E-state index contributed by atoms with van der Waals surface area (Å²) >= 11 is 3.51. The largest absolute Gasteiger partial charge is 0.437 e. The average molecular weight is 334 g/mol. The second-order valence-corrected chi connectivity index (χ2v) is 6.06. The van der Waals surface area contributed by atoms with Gasteiger partial charge in [0.2, 0.25) is 5.88 Å². The number of aryl methyl sites for hydroxylation is 1. The maximum absolute atomic E-state index is 5.96. The monoisotopic (exact) mass is 333 g/mol. The van der Waals surface area contributed by atoms with E-state index in [1.807, 2.05) is 32.0 Å². The molecule has 0 bridgehead atoms. The Kier molecular flexibility index (Phi) is 3.38. The normalized spacial score (nSPS) is 14.3. The van der Waals surface area contributed by atoms with E-state index in [2.05, 4.69) is 25.9 Å². The quantitative estimate of drug-likeness (QED) is 0.918. The molecule has 2 N–H and O–H groups in total. The van der Waals surface area contributed by atoms with Crippen molar-refractivity contribution in [1.82, 2.24) is 9.97 Å². The van der Waals surface area contributed by atoms with Gasteiger partial charge >= 0.3 is 0 Å². The summed E-state index contributed by atoms with van der Waals surface area (Å²) in [5, 5.41) is 0. The molecule has 2 aromatic rings. The summed E-state index contributed by atoms with van der Waals surface area (Å²) in [6, 6.07) is 5.94. The molecule has 5 heteroatoms. The lowest BCUT2D eigenvalue weighted by Gasteiger charge is -2.12. The molecule has 20 heavy (non-hydrogen) atoms. The van der Waals surface area contributed by atoms with Crippen molar-refractivity contribution in [2.24, 2.45) is 0 Å². The molecule has 104 valence electrons. The average Bonchev–Trinajstić information content (AvgIpc) is 3.22. The highest BCUT2D eigenvalue weighted by Gasteiger charge is 2.28. The molecular weight excluding hydrogens is 318 g/mol. The Morgan fingerprint density at radius 3 is 2.65 bits per heavy atom. The molecule has 0 atom stereocenters. The number of benzene rings is 1. The van der Waals surface area contributed by atoms with Gasteiger partial charge < -0.3 is 10.5 Å². The van der Waals surface area contributed by atoms with Crippen LogP contribution in [0.1, 0.15) is 35.7 Å². The lowest BCUT2D eigenvalue weighted by atomic mass is 10.2. The predicted octanol–water partition coefficient (Wildman–Crippen LogP) is 4.11. The number of ether oxygens (including phenoxy) is 1. The first kappa shape index (κ1) is 13.4. The van der Waals surface area contributed by atoms with E-state index in [9.17, 15) is 0 Å². The van der Waals surface area contributed by atoms with Crippen LogP contribution in [0, 0.1) is 13.8 Å². The predicted molar refractivity (Wildman–Crippen MR) is 82.1 cm³/mol. The minimum absolute atomic E-state index is 0.446. The smallest absolute Gasteiger partial charge is 0.227 e. The van der Waals surface area contributed by atoms with Crippen LogP contribution in [0.5, 0.6) is 11.6 Å². The van der Waals surface area contributed by atoms with Gasteiger partial charge in [-0.15, -0.1) is 0 Å². The molecule has 1 aromatic carbocycles. The highest BCUT2D eigenvalue weighted by atomic mass is 79.9. The lowest BCUT2D eigenvalue weighted by Crippen LogP contribution is -2.04. The molecule has 0 radical (unpaired) electrons. The van der Waals surface area contributed by atoms with E-state index in [1.54, 1.807) is 0 Å². The van der Waals surface area contributed by atoms with Crippen molar-refractivity contribution >= 4 is 21.7 Å². The zero-order chi connectivity index (χ0) is 14.3. The van der Waals surface area contributed by atoms with E-state index in [0.29, 0.717) is 17.6 Å². The molecule has 1 fully saturated rings. The first-order chi connectivity index (χ1) is 9.54. The zero-order valence-electron chi connectivity index (χ0n) is 11.5. The van der Waals surface area contributed by atoms with Crippen LogP contribution in [0.4, 0.5) is 5.82 Å². The summed E-state index contributed by atoms with van der Waals surface area (Å²) in [6.07, 6.45) is 2.27. The molecular formula is C15H16BrN3O. The fourth-order valence-corrected chi connectivity index (χ4v) is 2.52. The van der Waals surface area contributed by atoms with Gasteiger partial charge in [0.05, 0.1) is 10.0 Å². The maximum Gasteiger partial charge on any atom is 0.227 e. The number of rotatable bonds is 3. The molecule has 1 aliphatic rings.